The zero-order valence-corrected chi connectivity index (χ0v) is 11.4. The fraction of sp³-hybridized carbons (Fsp3) is 0.385. The van der Waals surface area contributed by atoms with Gasteiger partial charge < -0.3 is 4.90 Å². The summed E-state index contributed by atoms with van der Waals surface area (Å²) >= 11 is 0. The standard InChI is InChI=1S/C13H12F3N5O/c14-13(15,16)10-3-1-2-9(19-10)6-12(22)20-4-5-21-11(7-20)17-8-18-21/h1-3,8H,4-7H2. The van der Waals surface area contributed by atoms with Crippen molar-refractivity contribution in [2.75, 3.05) is 6.54 Å². The Morgan fingerprint density at radius 3 is 2.86 bits per heavy atom. The molecule has 0 aliphatic carbocycles. The highest BCUT2D eigenvalue weighted by molar-refractivity contribution is 5.78. The summed E-state index contributed by atoms with van der Waals surface area (Å²) in [5.41, 5.74) is -0.886. The van der Waals surface area contributed by atoms with Gasteiger partial charge >= 0.3 is 6.18 Å². The second-order valence-corrected chi connectivity index (χ2v) is 4.90. The van der Waals surface area contributed by atoms with Crippen LogP contribution < -0.4 is 0 Å². The number of hydrogen-bond donors (Lipinski definition) is 0. The Morgan fingerprint density at radius 1 is 1.27 bits per heavy atom. The number of alkyl halides is 3. The van der Waals surface area contributed by atoms with E-state index in [1.165, 1.54) is 18.5 Å². The first-order chi connectivity index (χ1) is 10.4. The van der Waals surface area contributed by atoms with E-state index >= 15 is 0 Å². The summed E-state index contributed by atoms with van der Waals surface area (Å²) in [5, 5.41) is 4.00. The van der Waals surface area contributed by atoms with Gasteiger partial charge in [0.2, 0.25) is 5.91 Å². The second-order valence-electron chi connectivity index (χ2n) is 4.90. The minimum Gasteiger partial charge on any atom is -0.333 e. The van der Waals surface area contributed by atoms with Crippen molar-refractivity contribution in [1.82, 2.24) is 24.6 Å². The SMILES string of the molecule is O=C(Cc1cccc(C(F)(F)F)n1)N1CCn2ncnc2C1. The number of amides is 1. The van der Waals surface area contributed by atoms with Gasteiger partial charge in [-0.15, -0.1) is 0 Å². The number of rotatable bonds is 2. The van der Waals surface area contributed by atoms with Crippen molar-refractivity contribution in [3.8, 4) is 0 Å². The number of hydrogen-bond acceptors (Lipinski definition) is 4. The highest BCUT2D eigenvalue weighted by Gasteiger charge is 2.32. The van der Waals surface area contributed by atoms with Crippen LogP contribution in [0.4, 0.5) is 13.2 Å². The lowest BCUT2D eigenvalue weighted by molar-refractivity contribution is -0.141. The first kappa shape index (κ1) is 14.5. The smallest absolute Gasteiger partial charge is 0.333 e. The Hall–Kier alpha value is -2.45. The van der Waals surface area contributed by atoms with Gasteiger partial charge in [-0.25, -0.2) is 14.6 Å². The van der Waals surface area contributed by atoms with Gasteiger partial charge in [-0.1, -0.05) is 6.07 Å². The number of carbonyl (C=O) groups excluding carboxylic acids is 1. The van der Waals surface area contributed by atoms with Crippen molar-refractivity contribution in [2.45, 2.75) is 25.7 Å². The third kappa shape index (κ3) is 2.92. The Balaban J connectivity index is 1.70. The number of nitrogens with zero attached hydrogens (tertiary/aromatic N) is 5. The van der Waals surface area contributed by atoms with E-state index in [0.717, 1.165) is 6.07 Å². The molecule has 6 nitrogen and oxygen atoms in total. The van der Waals surface area contributed by atoms with Crippen molar-refractivity contribution in [3.05, 3.63) is 41.7 Å². The Kier molecular flexibility index (Phi) is 3.55. The summed E-state index contributed by atoms with van der Waals surface area (Å²) in [5.74, 6) is 0.387. The first-order valence-corrected chi connectivity index (χ1v) is 6.61. The van der Waals surface area contributed by atoms with Crippen LogP contribution in [0.5, 0.6) is 0 Å². The van der Waals surface area contributed by atoms with Crippen LogP contribution in [0.15, 0.2) is 24.5 Å². The molecule has 0 aromatic carbocycles. The molecule has 116 valence electrons. The van der Waals surface area contributed by atoms with Gasteiger partial charge in [-0.05, 0) is 12.1 Å². The maximum Gasteiger partial charge on any atom is 0.433 e. The maximum absolute atomic E-state index is 12.6. The van der Waals surface area contributed by atoms with Crippen LogP contribution in [0, 0.1) is 0 Å². The highest BCUT2D eigenvalue weighted by Crippen LogP contribution is 2.27. The van der Waals surface area contributed by atoms with Gasteiger partial charge in [0.25, 0.3) is 0 Å². The average Bonchev–Trinajstić information content (AvgIpc) is 2.94. The lowest BCUT2D eigenvalue weighted by Gasteiger charge is -2.26. The lowest BCUT2D eigenvalue weighted by Crippen LogP contribution is -2.39. The molecule has 2 aromatic rings. The summed E-state index contributed by atoms with van der Waals surface area (Å²) in [4.78, 5) is 21.3. The fourth-order valence-electron chi connectivity index (χ4n) is 2.28. The topological polar surface area (TPSA) is 63.9 Å². The molecule has 3 heterocycles. The molecule has 0 spiro atoms. The number of aromatic nitrogens is 4. The average molecular weight is 311 g/mol. The number of halogens is 3. The summed E-state index contributed by atoms with van der Waals surface area (Å²) in [6.07, 6.45) is -3.27. The molecule has 1 aliphatic rings. The van der Waals surface area contributed by atoms with Gasteiger partial charge in [0, 0.05) is 6.54 Å². The predicted octanol–water partition coefficient (Wildman–Crippen LogP) is 1.28. The highest BCUT2D eigenvalue weighted by atomic mass is 19.4. The zero-order chi connectivity index (χ0) is 15.7. The van der Waals surface area contributed by atoms with E-state index < -0.39 is 11.9 Å². The van der Waals surface area contributed by atoms with Gasteiger partial charge in [-0.3, -0.25) is 4.79 Å². The molecular formula is C13H12F3N5O. The molecule has 0 radical (unpaired) electrons. The van der Waals surface area contributed by atoms with Crippen LogP contribution in [-0.4, -0.2) is 37.1 Å². The quantitative estimate of drug-likeness (QED) is 0.838. The van der Waals surface area contributed by atoms with Gasteiger partial charge in [0.15, 0.2) is 0 Å². The summed E-state index contributed by atoms with van der Waals surface area (Å²) in [6.45, 7) is 1.28. The molecule has 0 N–H and O–H groups in total. The molecule has 0 bridgehead atoms. The molecular weight excluding hydrogens is 299 g/mol. The predicted molar refractivity (Wildman–Crippen MR) is 68.4 cm³/mol. The van der Waals surface area contributed by atoms with E-state index in [9.17, 15) is 18.0 Å². The molecule has 9 heteroatoms. The number of pyridine rings is 1. The molecule has 0 unspecified atom stereocenters. The van der Waals surface area contributed by atoms with E-state index in [-0.39, 0.29) is 18.0 Å². The van der Waals surface area contributed by atoms with Crippen molar-refractivity contribution in [3.63, 3.8) is 0 Å². The van der Waals surface area contributed by atoms with Crippen molar-refractivity contribution in [2.24, 2.45) is 0 Å². The summed E-state index contributed by atoms with van der Waals surface area (Å²) < 4.78 is 39.5. The Morgan fingerprint density at radius 2 is 2.09 bits per heavy atom. The first-order valence-electron chi connectivity index (χ1n) is 6.61. The lowest BCUT2D eigenvalue weighted by atomic mass is 10.2. The molecule has 22 heavy (non-hydrogen) atoms. The van der Waals surface area contributed by atoms with Crippen molar-refractivity contribution < 1.29 is 18.0 Å². The van der Waals surface area contributed by atoms with Gasteiger partial charge in [0.1, 0.15) is 17.8 Å². The number of fused-ring (bicyclic) bond motifs is 1. The van der Waals surface area contributed by atoms with Crippen LogP contribution >= 0.6 is 0 Å². The second kappa shape index (κ2) is 5.39. The number of carbonyl (C=O) groups is 1. The van der Waals surface area contributed by atoms with Crippen molar-refractivity contribution in [1.29, 1.82) is 0 Å². The van der Waals surface area contributed by atoms with Crippen molar-refractivity contribution >= 4 is 5.91 Å². The molecule has 2 aromatic heterocycles. The molecule has 1 aliphatic heterocycles. The van der Waals surface area contributed by atoms with E-state index in [1.54, 1.807) is 9.58 Å². The van der Waals surface area contributed by atoms with Crippen LogP contribution in [0.25, 0.3) is 0 Å². The van der Waals surface area contributed by atoms with Gasteiger partial charge in [0.05, 0.1) is 25.2 Å². The van der Waals surface area contributed by atoms with E-state index in [1.807, 2.05) is 0 Å². The van der Waals surface area contributed by atoms with Gasteiger partial charge in [-0.2, -0.15) is 18.3 Å². The third-order valence-corrected chi connectivity index (χ3v) is 3.39. The molecule has 1 amide bonds. The molecule has 0 saturated carbocycles. The van der Waals surface area contributed by atoms with Crippen LogP contribution in [0.3, 0.4) is 0 Å². The minimum atomic E-state index is -4.51. The molecule has 0 saturated heterocycles. The normalized spacial score (nSPS) is 14.8. The summed E-state index contributed by atoms with van der Waals surface area (Å²) in [6, 6.07) is 3.56. The summed E-state index contributed by atoms with van der Waals surface area (Å²) in [7, 11) is 0. The van der Waals surface area contributed by atoms with Crippen LogP contribution in [0.1, 0.15) is 17.2 Å². The third-order valence-electron chi connectivity index (χ3n) is 3.39. The zero-order valence-electron chi connectivity index (χ0n) is 11.4. The minimum absolute atomic E-state index is 0.104. The largest absolute Gasteiger partial charge is 0.433 e. The van der Waals surface area contributed by atoms with E-state index in [0.29, 0.717) is 25.5 Å². The maximum atomic E-state index is 12.6. The Bertz CT molecular complexity index is 697. The Labute approximate surface area is 123 Å². The van der Waals surface area contributed by atoms with Crippen LogP contribution in [0.2, 0.25) is 0 Å². The van der Waals surface area contributed by atoms with E-state index in [4.69, 9.17) is 0 Å². The van der Waals surface area contributed by atoms with E-state index in [2.05, 4.69) is 15.1 Å². The monoisotopic (exact) mass is 311 g/mol. The molecule has 0 fully saturated rings. The fourth-order valence-corrected chi connectivity index (χ4v) is 2.28. The molecule has 0 atom stereocenters. The van der Waals surface area contributed by atoms with Crippen LogP contribution in [-0.2, 0) is 30.5 Å². The molecule has 3 rings (SSSR count).